The SMILES string of the molecule is Cc1ccsc1/C=N\NC(=O)Cn1cc([N+](=O)[O-])cn1. The summed E-state index contributed by atoms with van der Waals surface area (Å²) < 4.78 is 1.18. The van der Waals surface area contributed by atoms with Crippen LogP contribution in [0.4, 0.5) is 5.69 Å². The predicted octanol–water partition coefficient (Wildman–Crippen LogP) is 1.31. The topological polar surface area (TPSA) is 102 Å². The number of carbonyl (C=O) groups excluding carboxylic acids is 1. The maximum Gasteiger partial charge on any atom is 0.307 e. The van der Waals surface area contributed by atoms with E-state index in [1.807, 2.05) is 18.4 Å². The number of aromatic nitrogens is 2. The summed E-state index contributed by atoms with van der Waals surface area (Å²) >= 11 is 1.52. The molecule has 1 N–H and O–H groups in total. The van der Waals surface area contributed by atoms with E-state index in [1.165, 1.54) is 22.2 Å². The van der Waals surface area contributed by atoms with Crippen LogP contribution in [0, 0.1) is 17.0 Å². The lowest BCUT2D eigenvalue weighted by Gasteiger charge is -1.99. The lowest BCUT2D eigenvalue weighted by atomic mass is 10.3. The van der Waals surface area contributed by atoms with Crippen LogP contribution in [-0.2, 0) is 11.3 Å². The largest absolute Gasteiger partial charge is 0.307 e. The molecule has 9 heteroatoms. The van der Waals surface area contributed by atoms with E-state index in [0.29, 0.717) is 0 Å². The minimum Gasteiger partial charge on any atom is -0.271 e. The molecule has 0 aromatic carbocycles. The van der Waals surface area contributed by atoms with Crippen LogP contribution in [0.1, 0.15) is 10.4 Å². The summed E-state index contributed by atoms with van der Waals surface area (Å²) in [5.74, 6) is -0.409. The molecule has 2 aromatic rings. The fourth-order valence-corrected chi connectivity index (χ4v) is 2.18. The van der Waals surface area contributed by atoms with Gasteiger partial charge in [-0.25, -0.2) is 5.43 Å². The highest BCUT2D eigenvalue weighted by Crippen LogP contribution is 2.12. The van der Waals surface area contributed by atoms with Gasteiger partial charge in [-0.3, -0.25) is 19.6 Å². The zero-order valence-corrected chi connectivity index (χ0v) is 11.3. The van der Waals surface area contributed by atoms with Crippen LogP contribution < -0.4 is 5.43 Å². The number of rotatable bonds is 5. The third-order valence-corrected chi connectivity index (χ3v) is 3.36. The number of carbonyl (C=O) groups is 1. The molecule has 0 aliphatic rings. The van der Waals surface area contributed by atoms with Crippen molar-refractivity contribution in [1.82, 2.24) is 15.2 Å². The van der Waals surface area contributed by atoms with E-state index in [0.717, 1.165) is 16.6 Å². The summed E-state index contributed by atoms with van der Waals surface area (Å²) in [7, 11) is 0. The van der Waals surface area contributed by atoms with Crippen molar-refractivity contribution in [3.63, 3.8) is 0 Å². The minimum atomic E-state index is -0.570. The molecular formula is C11H11N5O3S. The van der Waals surface area contributed by atoms with Crippen molar-refractivity contribution in [2.24, 2.45) is 5.10 Å². The summed E-state index contributed by atoms with van der Waals surface area (Å²) in [5.41, 5.74) is 3.26. The molecule has 0 aliphatic heterocycles. The van der Waals surface area contributed by atoms with Gasteiger partial charge in [-0.05, 0) is 23.9 Å². The Morgan fingerprint density at radius 1 is 1.70 bits per heavy atom. The molecule has 0 saturated heterocycles. The third kappa shape index (κ3) is 3.48. The van der Waals surface area contributed by atoms with E-state index in [-0.39, 0.29) is 12.2 Å². The van der Waals surface area contributed by atoms with Gasteiger partial charge in [-0.15, -0.1) is 11.3 Å². The number of nitrogens with zero attached hydrogens (tertiary/aromatic N) is 4. The molecule has 2 rings (SSSR count). The second kappa shape index (κ2) is 6.06. The van der Waals surface area contributed by atoms with Gasteiger partial charge in [0.2, 0.25) is 0 Å². The number of amides is 1. The Hall–Kier alpha value is -2.55. The molecule has 0 fully saturated rings. The highest BCUT2D eigenvalue weighted by molar-refractivity contribution is 7.11. The van der Waals surface area contributed by atoms with Crippen LogP contribution in [0.5, 0.6) is 0 Å². The summed E-state index contributed by atoms with van der Waals surface area (Å²) in [5, 5.41) is 19.9. The Labute approximate surface area is 117 Å². The van der Waals surface area contributed by atoms with Gasteiger partial charge < -0.3 is 0 Å². The first kappa shape index (κ1) is 13.9. The molecule has 0 saturated carbocycles. The fraction of sp³-hybridized carbons (Fsp3) is 0.182. The highest BCUT2D eigenvalue weighted by atomic mass is 32.1. The Morgan fingerprint density at radius 3 is 3.10 bits per heavy atom. The van der Waals surface area contributed by atoms with Crippen LogP contribution in [0.2, 0.25) is 0 Å². The summed E-state index contributed by atoms with van der Waals surface area (Å²) in [6, 6.07) is 1.96. The second-order valence-corrected chi connectivity index (χ2v) is 4.86. The molecule has 0 spiro atoms. The van der Waals surface area contributed by atoms with Gasteiger partial charge in [0.05, 0.1) is 11.1 Å². The van der Waals surface area contributed by atoms with Gasteiger partial charge in [0, 0.05) is 4.88 Å². The van der Waals surface area contributed by atoms with Gasteiger partial charge >= 0.3 is 5.69 Å². The zero-order chi connectivity index (χ0) is 14.5. The van der Waals surface area contributed by atoms with E-state index in [4.69, 9.17) is 0 Å². The first-order chi connectivity index (χ1) is 9.56. The average molecular weight is 293 g/mol. The number of thiophene rings is 1. The van der Waals surface area contributed by atoms with Crippen molar-refractivity contribution in [3.8, 4) is 0 Å². The monoisotopic (exact) mass is 293 g/mol. The Kier molecular flexibility index (Phi) is 4.20. The van der Waals surface area contributed by atoms with Crippen LogP contribution in [-0.4, -0.2) is 26.8 Å². The van der Waals surface area contributed by atoms with Gasteiger partial charge in [-0.2, -0.15) is 10.2 Å². The molecule has 2 heterocycles. The second-order valence-electron chi connectivity index (χ2n) is 3.91. The van der Waals surface area contributed by atoms with Gasteiger partial charge in [-0.1, -0.05) is 0 Å². The van der Waals surface area contributed by atoms with E-state index >= 15 is 0 Å². The number of hydrazone groups is 1. The fourth-order valence-electron chi connectivity index (χ4n) is 1.40. The lowest BCUT2D eigenvalue weighted by molar-refractivity contribution is -0.385. The first-order valence-corrected chi connectivity index (χ1v) is 6.47. The maximum absolute atomic E-state index is 11.6. The van der Waals surface area contributed by atoms with Gasteiger partial charge in [0.15, 0.2) is 0 Å². The summed E-state index contributed by atoms with van der Waals surface area (Å²) in [4.78, 5) is 22.4. The van der Waals surface area contributed by atoms with Crippen LogP contribution >= 0.6 is 11.3 Å². The van der Waals surface area contributed by atoms with Crippen LogP contribution in [0.15, 0.2) is 28.9 Å². The van der Waals surface area contributed by atoms with Crippen LogP contribution in [0.25, 0.3) is 0 Å². The molecule has 2 aromatic heterocycles. The molecule has 0 atom stereocenters. The minimum absolute atomic E-state index is 0.130. The van der Waals surface area contributed by atoms with Crippen molar-refractivity contribution in [1.29, 1.82) is 0 Å². The number of hydrogen-bond donors (Lipinski definition) is 1. The van der Waals surface area contributed by atoms with Crippen LogP contribution in [0.3, 0.4) is 0 Å². The first-order valence-electron chi connectivity index (χ1n) is 5.59. The molecule has 0 unspecified atom stereocenters. The van der Waals surface area contributed by atoms with E-state index < -0.39 is 10.8 Å². The number of aryl methyl sites for hydroxylation is 1. The average Bonchev–Trinajstić information content (AvgIpc) is 2.99. The van der Waals surface area contributed by atoms with Crippen molar-refractivity contribution in [2.45, 2.75) is 13.5 Å². The summed E-state index contributed by atoms with van der Waals surface area (Å²) in [6.07, 6.45) is 3.84. The molecule has 104 valence electrons. The molecule has 0 bridgehead atoms. The van der Waals surface area contributed by atoms with Crippen molar-refractivity contribution >= 4 is 29.1 Å². The van der Waals surface area contributed by atoms with E-state index in [1.54, 1.807) is 6.21 Å². The number of nitro groups is 1. The molecular weight excluding hydrogens is 282 g/mol. The zero-order valence-electron chi connectivity index (χ0n) is 10.5. The molecule has 0 radical (unpaired) electrons. The standard InChI is InChI=1S/C11H11N5O3S/c1-8-2-3-20-10(8)5-12-14-11(17)7-15-6-9(4-13-15)16(18)19/h2-6H,7H2,1H3,(H,14,17)/b12-5-. The highest BCUT2D eigenvalue weighted by Gasteiger charge is 2.10. The molecule has 1 amide bonds. The Bertz CT molecular complexity index is 661. The van der Waals surface area contributed by atoms with E-state index in [9.17, 15) is 14.9 Å². The van der Waals surface area contributed by atoms with Crippen molar-refractivity contribution in [3.05, 3.63) is 44.4 Å². The van der Waals surface area contributed by atoms with E-state index in [2.05, 4.69) is 15.6 Å². The number of hydrogen-bond acceptors (Lipinski definition) is 6. The molecule has 0 aliphatic carbocycles. The molecule has 8 nitrogen and oxygen atoms in total. The van der Waals surface area contributed by atoms with Crippen molar-refractivity contribution in [2.75, 3.05) is 0 Å². The molecule has 20 heavy (non-hydrogen) atoms. The van der Waals surface area contributed by atoms with Gasteiger partial charge in [0.25, 0.3) is 5.91 Å². The van der Waals surface area contributed by atoms with Crippen molar-refractivity contribution < 1.29 is 9.72 Å². The Balaban J connectivity index is 1.87. The smallest absolute Gasteiger partial charge is 0.271 e. The maximum atomic E-state index is 11.6. The lowest BCUT2D eigenvalue weighted by Crippen LogP contribution is -2.23. The predicted molar refractivity (Wildman–Crippen MR) is 73.7 cm³/mol. The normalized spacial score (nSPS) is 10.8. The Morgan fingerprint density at radius 2 is 2.50 bits per heavy atom. The third-order valence-electron chi connectivity index (χ3n) is 2.41. The number of nitrogens with one attached hydrogen (secondary N) is 1. The van der Waals surface area contributed by atoms with Gasteiger partial charge in [0.1, 0.15) is 18.9 Å². The quantitative estimate of drug-likeness (QED) is 0.510. The summed E-state index contributed by atoms with van der Waals surface area (Å²) in [6.45, 7) is 1.82.